The lowest BCUT2D eigenvalue weighted by Gasteiger charge is -2.22. The van der Waals surface area contributed by atoms with Crippen molar-refractivity contribution < 1.29 is 14.6 Å². The van der Waals surface area contributed by atoms with Crippen molar-refractivity contribution in [3.63, 3.8) is 0 Å². The largest absolute Gasteiger partial charge is 0.507 e. The number of fused-ring (bicyclic) bond motifs is 1. The number of para-hydroxylation sites is 1. The molecule has 1 aromatic heterocycles. The smallest absolute Gasteiger partial charge is 0.343 e. The summed E-state index contributed by atoms with van der Waals surface area (Å²) < 4.78 is 5.53. The average molecular weight is 449 g/mol. The second-order valence-corrected chi connectivity index (χ2v) is 8.35. The lowest BCUT2D eigenvalue weighted by Crippen LogP contribution is -2.17. The highest BCUT2D eigenvalue weighted by atomic mass is 16.4. The van der Waals surface area contributed by atoms with Gasteiger partial charge in [0, 0.05) is 5.92 Å². The summed E-state index contributed by atoms with van der Waals surface area (Å²) in [6.45, 7) is 0. The molecule has 5 aromatic rings. The van der Waals surface area contributed by atoms with Crippen LogP contribution in [0.1, 0.15) is 35.1 Å². The van der Waals surface area contributed by atoms with Crippen LogP contribution in [0.4, 0.5) is 0 Å². The van der Waals surface area contributed by atoms with Crippen molar-refractivity contribution in [3.05, 3.63) is 136 Å². The molecule has 0 fully saturated rings. The zero-order valence-corrected chi connectivity index (χ0v) is 18.5. The maximum Gasteiger partial charge on any atom is 0.343 e. The van der Waals surface area contributed by atoms with Crippen LogP contribution in [0.3, 0.4) is 0 Å². The Morgan fingerprint density at radius 1 is 0.676 bits per heavy atom. The van der Waals surface area contributed by atoms with E-state index in [0.29, 0.717) is 11.0 Å². The second-order valence-electron chi connectivity index (χ2n) is 8.35. The van der Waals surface area contributed by atoms with Gasteiger partial charge in [0.25, 0.3) is 0 Å². The Bertz CT molecular complexity index is 1460. The fraction of sp³-hybridized carbons (Fsp3) is 0.100. The van der Waals surface area contributed by atoms with Gasteiger partial charge in [-0.25, -0.2) is 4.79 Å². The molecule has 0 bridgehead atoms. The van der Waals surface area contributed by atoms with E-state index in [1.54, 1.807) is 24.3 Å². The van der Waals surface area contributed by atoms with Crippen LogP contribution in [0.2, 0.25) is 0 Å². The Morgan fingerprint density at radius 3 is 1.97 bits per heavy atom. The summed E-state index contributed by atoms with van der Waals surface area (Å²) in [7, 11) is 0. The number of hydrogen-bond donors (Lipinski definition) is 2. The van der Waals surface area contributed by atoms with E-state index in [2.05, 4.69) is 0 Å². The topological polar surface area (TPSA) is 70.7 Å². The molecule has 0 aliphatic carbocycles. The van der Waals surface area contributed by atoms with Crippen LogP contribution in [0.15, 0.2) is 118 Å². The van der Waals surface area contributed by atoms with Crippen LogP contribution in [0, 0.1) is 0 Å². The number of benzene rings is 4. The van der Waals surface area contributed by atoms with Gasteiger partial charge >= 0.3 is 5.63 Å². The van der Waals surface area contributed by atoms with Crippen LogP contribution in [0.5, 0.6) is 5.75 Å². The van der Waals surface area contributed by atoms with E-state index < -0.39 is 17.6 Å². The van der Waals surface area contributed by atoms with Gasteiger partial charge in [0.2, 0.25) is 0 Å². The van der Waals surface area contributed by atoms with Gasteiger partial charge in [-0.3, -0.25) is 0 Å². The van der Waals surface area contributed by atoms with E-state index in [1.165, 1.54) is 0 Å². The Hall–Kier alpha value is -4.15. The van der Waals surface area contributed by atoms with Gasteiger partial charge in [-0.15, -0.1) is 0 Å². The van der Waals surface area contributed by atoms with Gasteiger partial charge in [-0.05, 0) is 40.8 Å². The molecular formula is C30H24O4. The highest BCUT2D eigenvalue weighted by Crippen LogP contribution is 2.39. The van der Waals surface area contributed by atoms with Crippen molar-refractivity contribution in [1.29, 1.82) is 0 Å². The average Bonchev–Trinajstić information content (AvgIpc) is 2.89. The molecule has 0 aliphatic rings. The SMILES string of the molecule is O=c1oc2ccccc2c(O)c1[C@@H](C[C@@H](O)c1ccc(-c2ccccc2)cc1)c1ccccc1. The summed E-state index contributed by atoms with van der Waals surface area (Å²) in [5.41, 5.74) is 3.61. The van der Waals surface area contributed by atoms with Crippen LogP contribution in [-0.2, 0) is 0 Å². The summed E-state index contributed by atoms with van der Waals surface area (Å²) >= 11 is 0. The third-order valence-corrected chi connectivity index (χ3v) is 6.23. The molecule has 4 heteroatoms. The zero-order valence-electron chi connectivity index (χ0n) is 18.5. The molecule has 0 saturated carbocycles. The van der Waals surface area contributed by atoms with Gasteiger partial charge in [0.15, 0.2) is 0 Å². The van der Waals surface area contributed by atoms with Crippen molar-refractivity contribution in [2.75, 3.05) is 0 Å². The van der Waals surface area contributed by atoms with Crippen LogP contribution < -0.4 is 5.63 Å². The summed E-state index contributed by atoms with van der Waals surface area (Å²) in [5.74, 6) is -0.654. The van der Waals surface area contributed by atoms with Crippen molar-refractivity contribution in [3.8, 4) is 16.9 Å². The normalized spacial score (nSPS) is 13.0. The molecule has 4 nitrogen and oxygen atoms in total. The lowest BCUT2D eigenvalue weighted by atomic mass is 9.84. The molecule has 0 spiro atoms. The number of aliphatic hydroxyl groups excluding tert-OH is 1. The molecule has 2 atom stereocenters. The van der Waals surface area contributed by atoms with E-state index >= 15 is 0 Å². The van der Waals surface area contributed by atoms with Crippen molar-refractivity contribution in [1.82, 2.24) is 0 Å². The van der Waals surface area contributed by atoms with Gasteiger partial charge in [-0.1, -0.05) is 97.1 Å². The molecule has 5 rings (SSSR count). The van der Waals surface area contributed by atoms with Gasteiger partial charge in [0.05, 0.1) is 17.1 Å². The third-order valence-electron chi connectivity index (χ3n) is 6.23. The molecule has 0 aliphatic heterocycles. The minimum Gasteiger partial charge on any atom is -0.507 e. The van der Waals surface area contributed by atoms with E-state index in [4.69, 9.17) is 4.42 Å². The first kappa shape index (κ1) is 21.7. The molecule has 34 heavy (non-hydrogen) atoms. The quantitative estimate of drug-likeness (QED) is 0.294. The third kappa shape index (κ3) is 4.24. The van der Waals surface area contributed by atoms with Crippen molar-refractivity contribution >= 4 is 11.0 Å². The molecular weight excluding hydrogens is 424 g/mol. The number of aliphatic hydroxyl groups is 1. The van der Waals surface area contributed by atoms with Crippen molar-refractivity contribution in [2.24, 2.45) is 0 Å². The first-order valence-corrected chi connectivity index (χ1v) is 11.2. The number of hydrogen-bond acceptors (Lipinski definition) is 4. The standard InChI is InChI=1S/C30H24O4/c31-26(23-17-15-21(16-18-23)20-9-3-1-4-10-20)19-25(22-11-5-2-6-12-22)28-29(32)24-13-7-8-14-27(24)34-30(28)33/h1-18,25-26,31-32H,19H2/t25-,26+/m0/s1. The highest BCUT2D eigenvalue weighted by molar-refractivity contribution is 5.84. The summed E-state index contributed by atoms with van der Waals surface area (Å²) in [4.78, 5) is 13.0. The van der Waals surface area contributed by atoms with Crippen molar-refractivity contribution in [2.45, 2.75) is 18.4 Å². The Morgan fingerprint density at radius 2 is 1.26 bits per heavy atom. The van der Waals surface area contributed by atoms with E-state index in [9.17, 15) is 15.0 Å². The maximum atomic E-state index is 13.0. The van der Waals surface area contributed by atoms with Crippen LogP contribution in [0.25, 0.3) is 22.1 Å². The summed E-state index contributed by atoms with van der Waals surface area (Å²) in [5, 5.41) is 22.7. The number of aromatic hydroxyl groups is 1. The fourth-order valence-corrected chi connectivity index (χ4v) is 4.45. The Labute approximate surface area is 197 Å². The first-order chi connectivity index (χ1) is 16.6. The Balaban J connectivity index is 1.52. The monoisotopic (exact) mass is 448 g/mol. The predicted molar refractivity (Wildman–Crippen MR) is 134 cm³/mol. The minimum absolute atomic E-state index is 0.104. The van der Waals surface area contributed by atoms with Gasteiger partial charge in [-0.2, -0.15) is 0 Å². The molecule has 0 saturated heterocycles. The lowest BCUT2D eigenvalue weighted by molar-refractivity contribution is 0.161. The van der Waals surface area contributed by atoms with Gasteiger partial charge < -0.3 is 14.6 Å². The molecule has 4 aromatic carbocycles. The predicted octanol–water partition coefficient (Wildman–Crippen LogP) is 6.42. The number of rotatable bonds is 6. The Kier molecular flexibility index (Phi) is 5.98. The van der Waals surface area contributed by atoms with Crippen LogP contribution >= 0.6 is 0 Å². The molecule has 2 N–H and O–H groups in total. The highest BCUT2D eigenvalue weighted by Gasteiger charge is 2.27. The van der Waals surface area contributed by atoms with E-state index in [-0.39, 0.29) is 17.7 Å². The molecule has 168 valence electrons. The van der Waals surface area contributed by atoms with E-state index in [1.807, 2.05) is 84.9 Å². The molecule has 0 radical (unpaired) electrons. The zero-order chi connectivity index (χ0) is 23.5. The van der Waals surface area contributed by atoms with Gasteiger partial charge in [0.1, 0.15) is 11.3 Å². The van der Waals surface area contributed by atoms with E-state index in [0.717, 1.165) is 22.3 Å². The summed E-state index contributed by atoms with van der Waals surface area (Å²) in [6.07, 6.45) is -0.633. The molecule has 0 unspecified atom stereocenters. The maximum absolute atomic E-state index is 13.0. The molecule has 0 amide bonds. The summed E-state index contributed by atoms with van der Waals surface area (Å²) in [6, 6.07) is 34.1. The second kappa shape index (κ2) is 9.38. The fourth-order valence-electron chi connectivity index (χ4n) is 4.45. The minimum atomic E-state index is -0.847. The molecule has 1 heterocycles. The van der Waals surface area contributed by atoms with Crippen LogP contribution in [-0.4, -0.2) is 10.2 Å². The first-order valence-electron chi connectivity index (χ1n) is 11.2.